The molecule has 106 valence electrons. The first-order chi connectivity index (χ1) is 8.51. The molecule has 18 heavy (non-hydrogen) atoms. The molecule has 1 saturated heterocycles. The molecule has 0 spiro atoms. The molecule has 8 nitrogen and oxygen atoms in total. The minimum Gasteiger partial charge on any atom is -0.394 e. The van der Waals surface area contributed by atoms with Crippen molar-refractivity contribution in [2.24, 2.45) is 0 Å². The molecule has 0 aromatic heterocycles. The van der Waals surface area contributed by atoms with Crippen LogP contribution in [0.1, 0.15) is 0 Å². The second kappa shape index (κ2) is 7.07. The van der Waals surface area contributed by atoms with E-state index < -0.39 is 43.3 Å². The second-order valence-corrected chi connectivity index (χ2v) is 4.22. The first-order valence-electron chi connectivity index (χ1n) is 5.42. The maximum atomic E-state index is 11.3. The summed E-state index contributed by atoms with van der Waals surface area (Å²) in [6.45, 7) is -0.322. The van der Waals surface area contributed by atoms with Crippen molar-refractivity contribution in [1.82, 2.24) is 10.6 Å². The van der Waals surface area contributed by atoms with Crippen LogP contribution in [0, 0.1) is 0 Å². The number of ether oxygens (including phenoxy) is 1. The first kappa shape index (κ1) is 15.4. The number of alkyl halides is 1. The van der Waals surface area contributed by atoms with Crippen molar-refractivity contribution in [3.05, 3.63) is 0 Å². The van der Waals surface area contributed by atoms with Crippen molar-refractivity contribution >= 4 is 17.6 Å². The summed E-state index contributed by atoms with van der Waals surface area (Å²) in [7, 11) is 0. The van der Waals surface area contributed by atoms with Gasteiger partial charge in [0.15, 0.2) is 6.23 Å². The molecule has 2 amide bonds. The van der Waals surface area contributed by atoms with Crippen LogP contribution >= 0.6 is 11.6 Å². The van der Waals surface area contributed by atoms with Gasteiger partial charge in [0.1, 0.15) is 24.4 Å². The normalized spacial score (nSPS) is 36.2. The van der Waals surface area contributed by atoms with Crippen molar-refractivity contribution < 1.29 is 30.0 Å². The minimum absolute atomic E-state index is 0.224. The summed E-state index contributed by atoms with van der Waals surface area (Å²) in [5.74, 6) is 0.224. The van der Waals surface area contributed by atoms with Crippen LogP contribution in [0.5, 0.6) is 0 Å². The molecule has 1 fully saturated rings. The number of amides is 2. The van der Waals surface area contributed by atoms with E-state index in [0.717, 1.165) is 0 Å². The summed E-state index contributed by atoms with van der Waals surface area (Å²) in [6, 6.07) is -0.639. The third kappa shape index (κ3) is 3.67. The lowest BCUT2D eigenvalue weighted by Crippen LogP contribution is -2.64. The highest BCUT2D eigenvalue weighted by Gasteiger charge is 2.43. The number of halogens is 1. The predicted octanol–water partition coefficient (Wildman–Crippen LogP) is -2.68. The highest BCUT2D eigenvalue weighted by molar-refractivity contribution is 6.18. The highest BCUT2D eigenvalue weighted by atomic mass is 35.5. The van der Waals surface area contributed by atoms with Gasteiger partial charge < -0.3 is 35.8 Å². The van der Waals surface area contributed by atoms with E-state index in [0.29, 0.717) is 0 Å². The molecule has 0 aromatic rings. The van der Waals surface area contributed by atoms with E-state index >= 15 is 0 Å². The van der Waals surface area contributed by atoms with Crippen LogP contribution in [0.2, 0.25) is 0 Å². The van der Waals surface area contributed by atoms with Gasteiger partial charge in [0.2, 0.25) is 0 Å². The Morgan fingerprint density at radius 1 is 1.22 bits per heavy atom. The maximum absolute atomic E-state index is 11.3. The molecule has 6 N–H and O–H groups in total. The molecule has 1 heterocycles. The fraction of sp³-hybridized carbons (Fsp3) is 0.889. The highest BCUT2D eigenvalue weighted by Crippen LogP contribution is 2.19. The number of aliphatic hydroxyl groups is 4. The molecule has 0 aromatic carbocycles. The quantitative estimate of drug-likeness (QED) is 0.312. The Labute approximate surface area is 109 Å². The van der Waals surface area contributed by atoms with Crippen molar-refractivity contribution in [3.8, 4) is 0 Å². The molecule has 5 atom stereocenters. The summed E-state index contributed by atoms with van der Waals surface area (Å²) >= 11 is 5.38. The van der Waals surface area contributed by atoms with Gasteiger partial charge in [-0.1, -0.05) is 0 Å². The molecule has 9 heteroatoms. The SMILES string of the molecule is O=C(NCCCl)N[C@H]1O[C@@H](CO)[C@@H](O)[C@@H](O)[C@@H]1O. The van der Waals surface area contributed by atoms with Crippen LogP contribution in [0.15, 0.2) is 0 Å². The van der Waals surface area contributed by atoms with E-state index in [1.54, 1.807) is 0 Å². The lowest BCUT2D eigenvalue weighted by atomic mass is 9.98. The zero-order valence-electron chi connectivity index (χ0n) is 9.49. The zero-order chi connectivity index (χ0) is 13.7. The number of carbonyl (C=O) groups is 1. The van der Waals surface area contributed by atoms with Gasteiger partial charge in [-0.05, 0) is 0 Å². The van der Waals surface area contributed by atoms with E-state index in [9.17, 15) is 20.1 Å². The summed E-state index contributed by atoms with van der Waals surface area (Å²) in [4.78, 5) is 11.3. The lowest BCUT2D eigenvalue weighted by Gasteiger charge is -2.40. The van der Waals surface area contributed by atoms with E-state index in [2.05, 4.69) is 10.6 Å². The zero-order valence-corrected chi connectivity index (χ0v) is 10.2. The average Bonchev–Trinajstić information content (AvgIpc) is 2.37. The van der Waals surface area contributed by atoms with Gasteiger partial charge in [-0.2, -0.15) is 0 Å². The molecule has 1 aliphatic rings. The van der Waals surface area contributed by atoms with Gasteiger partial charge in [0.05, 0.1) is 6.61 Å². The number of hydrogen-bond acceptors (Lipinski definition) is 6. The van der Waals surface area contributed by atoms with Crippen molar-refractivity contribution in [2.75, 3.05) is 19.0 Å². The maximum Gasteiger partial charge on any atom is 0.316 e. The van der Waals surface area contributed by atoms with Gasteiger partial charge in [-0.25, -0.2) is 4.79 Å². The Kier molecular flexibility index (Phi) is 6.06. The smallest absolute Gasteiger partial charge is 0.316 e. The molecular weight excluding hydrogens is 268 g/mol. The van der Waals surface area contributed by atoms with Crippen LogP contribution in [0.3, 0.4) is 0 Å². The number of aliphatic hydroxyl groups excluding tert-OH is 4. The van der Waals surface area contributed by atoms with Crippen molar-refractivity contribution in [1.29, 1.82) is 0 Å². The predicted molar refractivity (Wildman–Crippen MR) is 61.0 cm³/mol. The largest absolute Gasteiger partial charge is 0.394 e. The van der Waals surface area contributed by atoms with Crippen molar-refractivity contribution in [2.45, 2.75) is 30.6 Å². The number of nitrogens with one attached hydrogen (secondary N) is 2. The summed E-state index contributed by atoms with van der Waals surface area (Å²) in [5.41, 5.74) is 0. The van der Waals surface area contributed by atoms with E-state index in [-0.39, 0.29) is 12.4 Å². The third-order valence-electron chi connectivity index (χ3n) is 2.55. The minimum atomic E-state index is -1.52. The van der Waals surface area contributed by atoms with Crippen LogP contribution in [0.4, 0.5) is 4.79 Å². The van der Waals surface area contributed by atoms with E-state index in [4.69, 9.17) is 21.4 Å². The Bertz CT molecular complexity index is 280. The Morgan fingerprint density at radius 3 is 2.44 bits per heavy atom. The lowest BCUT2D eigenvalue weighted by molar-refractivity contribution is -0.233. The molecule has 0 bridgehead atoms. The molecule has 0 unspecified atom stereocenters. The number of rotatable bonds is 4. The van der Waals surface area contributed by atoms with Crippen molar-refractivity contribution in [3.63, 3.8) is 0 Å². The standard InChI is InChI=1S/C9H17ClN2O6/c10-1-2-11-9(17)12-8-7(16)6(15)5(14)4(3-13)18-8/h4-8,13-16H,1-3H2,(H2,11,12,17)/t4-,5+,6+,7-,8-/m0/s1. The molecule has 0 aliphatic carbocycles. The average molecular weight is 285 g/mol. The fourth-order valence-corrected chi connectivity index (χ4v) is 1.66. The molecular formula is C9H17ClN2O6. The molecule has 1 rings (SSSR count). The molecule has 0 radical (unpaired) electrons. The Hall–Kier alpha value is -0.640. The Morgan fingerprint density at radius 2 is 1.89 bits per heavy atom. The first-order valence-corrected chi connectivity index (χ1v) is 5.95. The summed E-state index contributed by atoms with van der Waals surface area (Å²) in [6.07, 6.45) is -6.75. The monoisotopic (exact) mass is 284 g/mol. The fourth-order valence-electron chi connectivity index (χ4n) is 1.56. The van der Waals surface area contributed by atoms with Crippen LogP contribution in [-0.4, -0.2) is 76.1 Å². The number of urea groups is 1. The van der Waals surface area contributed by atoms with Gasteiger partial charge in [0.25, 0.3) is 0 Å². The van der Waals surface area contributed by atoms with Gasteiger partial charge in [-0.3, -0.25) is 0 Å². The van der Waals surface area contributed by atoms with Gasteiger partial charge in [0, 0.05) is 12.4 Å². The molecule has 0 saturated carbocycles. The summed E-state index contributed by atoms with van der Waals surface area (Å²) < 4.78 is 5.07. The second-order valence-electron chi connectivity index (χ2n) is 3.84. The van der Waals surface area contributed by atoms with Gasteiger partial charge in [-0.15, -0.1) is 11.6 Å². The van der Waals surface area contributed by atoms with Gasteiger partial charge >= 0.3 is 6.03 Å². The third-order valence-corrected chi connectivity index (χ3v) is 2.73. The molecule has 1 aliphatic heterocycles. The van der Waals surface area contributed by atoms with Crippen LogP contribution < -0.4 is 10.6 Å². The van der Waals surface area contributed by atoms with Crippen LogP contribution in [0.25, 0.3) is 0 Å². The topological polar surface area (TPSA) is 131 Å². The Balaban J connectivity index is 2.56. The summed E-state index contributed by atoms with van der Waals surface area (Å²) in [5, 5.41) is 42.2. The van der Waals surface area contributed by atoms with E-state index in [1.165, 1.54) is 0 Å². The number of carbonyl (C=O) groups excluding carboxylic acids is 1. The van der Waals surface area contributed by atoms with E-state index in [1.807, 2.05) is 0 Å². The number of hydrogen-bond donors (Lipinski definition) is 6. The van der Waals surface area contributed by atoms with Crippen LogP contribution in [-0.2, 0) is 4.74 Å².